The largest absolute Gasteiger partial charge is 0.450 e. The molecule has 8 nitrogen and oxygen atoms in total. The third-order valence-corrected chi connectivity index (χ3v) is 4.91. The molecule has 0 bridgehead atoms. The first-order valence-electron chi connectivity index (χ1n) is 9.65. The van der Waals surface area contributed by atoms with Gasteiger partial charge >= 0.3 is 6.09 Å². The van der Waals surface area contributed by atoms with Gasteiger partial charge in [-0.1, -0.05) is 0 Å². The molecule has 0 aliphatic carbocycles. The summed E-state index contributed by atoms with van der Waals surface area (Å²) in [4.78, 5) is 43.5. The van der Waals surface area contributed by atoms with E-state index in [1.165, 1.54) is 0 Å². The zero-order valence-electron chi connectivity index (χ0n) is 16.5. The summed E-state index contributed by atoms with van der Waals surface area (Å²) in [5, 5.41) is 3.70. The minimum absolute atomic E-state index is 0.0883. The van der Waals surface area contributed by atoms with E-state index >= 15 is 0 Å². The number of ether oxygens (including phenoxy) is 1. The summed E-state index contributed by atoms with van der Waals surface area (Å²) >= 11 is 0. The Morgan fingerprint density at radius 3 is 2.68 bits per heavy atom. The number of nitrogens with zero attached hydrogens (tertiary/aromatic N) is 3. The van der Waals surface area contributed by atoms with Crippen LogP contribution in [0, 0.1) is 0 Å². The molecule has 0 spiro atoms. The molecule has 2 aromatic rings. The zero-order valence-corrected chi connectivity index (χ0v) is 16.5. The Morgan fingerprint density at radius 2 is 2.04 bits per heavy atom. The highest BCUT2D eigenvalue weighted by Crippen LogP contribution is 2.16. The Balaban J connectivity index is 1.77. The van der Waals surface area contributed by atoms with Gasteiger partial charge in [0.15, 0.2) is 0 Å². The van der Waals surface area contributed by atoms with Gasteiger partial charge < -0.3 is 15.0 Å². The van der Waals surface area contributed by atoms with Crippen LogP contribution < -0.4 is 10.9 Å². The first-order chi connectivity index (χ1) is 13.4. The second-order valence-electron chi connectivity index (χ2n) is 7.18. The summed E-state index contributed by atoms with van der Waals surface area (Å²) in [5.74, 6) is -0.389. The number of hydrogen-bond donors (Lipinski definition) is 1. The number of likely N-dealkylation sites (tertiary alicyclic amines) is 1. The molecule has 3 heterocycles. The summed E-state index contributed by atoms with van der Waals surface area (Å²) in [5.41, 5.74) is 0.339. The normalized spacial score (nSPS) is 15.1. The van der Waals surface area contributed by atoms with E-state index in [1.54, 1.807) is 34.7 Å². The predicted molar refractivity (Wildman–Crippen MR) is 105 cm³/mol. The molecule has 1 saturated heterocycles. The van der Waals surface area contributed by atoms with Gasteiger partial charge in [-0.2, -0.15) is 0 Å². The molecule has 3 rings (SSSR count). The van der Waals surface area contributed by atoms with E-state index in [0.717, 1.165) is 5.39 Å². The monoisotopic (exact) mass is 386 g/mol. The van der Waals surface area contributed by atoms with E-state index < -0.39 is 0 Å². The van der Waals surface area contributed by atoms with E-state index in [9.17, 15) is 14.4 Å². The van der Waals surface area contributed by atoms with Crippen LogP contribution in [-0.4, -0.2) is 52.2 Å². The van der Waals surface area contributed by atoms with Crippen molar-refractivity contribution in [1.29, 1.82) is 0 Å². The van der Waals surface area contributed by atoms with E-state index in [-0.39, 0.29) is 35.2 Å². The second-order valence-corrected chi connectivity index (χ2v) is 7.18. The first-order valence-corrected chi connectivity index (χ1v) is 9.65. The molecule has 150 valence electrons. The predicted octanol–water partition coefficient (Wildman–Crippen LogP) is 2.33. The summed E-state index contributed by atoms with van der Waals surface area (Å²) in [7, 11) is 0. The number of carbonyl (C=O) groups is 2. The second kappa shape index (κ2) is 8.41. The molecule has 0 aromatic carbocycles. The number of piperidine rings is 1. The lowest BCUT2D eigenvalue weighted by atomic mass is 10.0. The summed E-state index contributed by atoms with van der Waals surface area (Å²) in [6.07, 6.45) is 2.56. The third-order valence-electron chi connectivity index (χ3n) is 4.91. The van der Waals surface area contributed by atoms with Crippen molar-refractivity contribution in [1.82, 2.24) is 19.8 Å². The lowest BCUT2D eigenvalue weighted by molar-refractivity contribution is 0.0859. The van der Waals surface area contributed by atoms with Crippen molar-refractivity contribution in [3.63, 3.8) is 0 Å². The number of rotatable bonds is 4. The van der Waals surface area contributed by atoms with Crippen LogP contribution in [0.15, 0.2) is 29.2 Å². The van der Waals surface area contributed by atoms with Crippen LogP contribution in [0.2, 0.25) is 0 Å². The number of carbonyl (C=O) groups excluding carboxylic acids is 2. The first kappa shape index (κ1) is 19.9. The Bertz CT molecular complexity index is 929. The molecule has 28 heavy (non-hydrogen) atoms. The molecule has 0 unspecified atom stereocenters. The Hall–Kier alpha value is -2.90. The van der Waals surface area contributed by atoms with Crippen molar-refractivity contribution in [2.45, 2.75) is 45.7 Å². The SMILES string of the molecule is CCOC(=O)N1CCC(NC(=O)c2cc3cccnc3n(C(C)C)c2=O)CC1. The van der Waals surface area contributed by atoms with Gasteiger partial charge in [-0.05, 0) is 51.8 Å². The molecule has 2 amide bonds. The van der Waals surface area contributed by atoms with Crippen LogP contribution >= 0.6 is 0 Å². The van der Waals surface area contributed by atoms with Crippen LogP contribution in [0.1, 0.15) is 50.0 Å². The third kappa shape index (κ3) is 4.00. The van der Waals surface area contributed by atoms with Gasteiger partial charge in [0.25, 0.3) is 11.5 Å². The van der Waals surface area contributed by atoms with E-state index in [1.807, 2.05) is 19.9 Å². The Morgan fingerprint density at radius 1 is 1.32 bits per heavy atom. The maximum absolute atomic E-state index is 12.9. The maximum atomic E-state index is 12.9. The molecule has 0 radical (unpaired) electrons. The number of pyridine rings is 2. The van der Waals surface area contributed by atoms with Crippen LogP contribution in [0.5, 0.6) is 0 Å². The highest BCUT2D eigenvalue weighted by Gasteiger charge is 2.26. The van der Waals surface area contributed by atoms with Crippen molar-refractivity contribution in [2.24, 2.45) is 0 Å². The van der Waals surface area contributed by atoms with Crippen molar-refractivity contribution in [2.75, 3.05) is 19.7 Å². The van der Waals surface area contributed by atoms with Gasteiger partial charge in [-0.3, -0.25) is 14.2 Å². The average molecular weight is 386 g/mol. The minimum Gasteiger partial charge on any atom is -0.450 e. The maximum Gasteiger partial charge on any atom is 0.409 e. The Labute approximate surface area is 163 Å². The molecule has 1 N–H and O–H groups in total. The van der Waals surface area contributed by atoms with Gasteiger partial charge in [0, 0.05) is 36.8 Å². The topological polar surface area (TPSA) is 93.5 Å². The van der Waals surface area contributed by atoms with E-state index in [2.05, 4.69) is 10.3 Å². The fourth-order valence-corrected chi connectivity index (χ4v) is 3.49. The smallest absolute Gasteiger partial charge is 0.409 e. The van der Waals surface area contributed by atoms with Gasteiger partial charge in [0.05, 0.1) is 6.61 Å². The van der Waals surface area contributed by atoms with E-state index in [4.69, 9.17) is 4.74 Å². The van der Waals surface area contributed by atoms with Crippen LogP contribution in [0.3, 0.4) is 0 Å². The number of aromatic nitrogens is 2. The van der Waals surface area contributed by atoms with Crippen molar-refractivity contribution < 1.29 is 14.3 Å². The highest BCUT2D eigenvalue weighted by atomic mass is 16.6. The minimum atomic E-state index is -0.389. The zero-order chi connectivity index (χ0) is 20.3. The molecule has 0 atom stereocenters. The average Bonchev–Trinajstić information content (AvgIpc) is 2.67. The standard InChI is InChI=1S/C20H26N4O4/c1-4-28-20(27)23-10-7-15(8-11-23)22-18(25)16-12-14-6-5-9-21-17(14)24(13(2)3)19(16)26/h5-6,9,12-13,15H,4,7-8,10-11H2,1-3H3,(H,22,25). The van der Waals surface area contributed by atoms with Crippen molar-refractivity contribution in [3.8, 4) is 0 Å². The molecule has 8 heteroatoms. The summed E-state index contributed by atoms with van der Waals surface area (Å²) < 4.78 is 6.56. The molecular weight excluding hydrogens is 360 g/mol. The Kier molecular flexibility index (Phi) is 5.96. The summed E-state index contributed by atoms with van der Waals surface area (Å²) in [6.45, 7) is 6.93. The van der Waals surface area contributed by atoms with E-state index in [0.29, 0.717) is 38.2 Å². The number of nitrogens with one attached hydrogen (secondary N) is 1. The van der Waals surface area contributed by atoms with Crippen LogP contribution in [0.4, 0.5) is 4.79 Å². The molecule has 1 fully saturated rings. The summed E-state index contributed by atoms with van der Waals surface area (Å²) in [6, 6.07) is 5.02. The molecule has 1 aliphatic rings. The molecule has 2 aromatic heterocycles. The van der Waals surface area contributed by atoms with Crippen molar-refractivity contribution in [3.05, 3.63) is 40.3 Å². The molecular formula is C20H26N4O4. The van der Waals surface area contributed by atoms with Crippen LogP contribution in [0.25, 0.3) is 11.0 Å². The van der Waals surface area contributed by atoms with Gasteiger partial charge in [-0.15, -0.1) is 0 Å². The lowest BCUT2D eigenvalue weighted by Crippen LogP contribution is -2.47. The van der Waals surface area contributed by atoms with Gasteiger partial charge in [-0.25, -0.2) is 9.78 Å². The van der Waals surface area contributed by atoms with Crippen LogP contribution in [-0.2, 0) is 4.74 Å². The highest BCUT2D eigenvalue weighted by molar-refractivity contribution is 5.97. The van der Waals surface area contributed by atoms with Gasteiger partial charge in [0.1, 0.15) is 11.2 Å². The quantitative estimate of drug-likeness (QED) is 0.870. The molecule has 1 aliphatic heterocycles. The lowest BCUT2D eigenvalue weighted by Gasteiger charge is -2.31. The number of hydrogen-bond acceptors (Lipinski definition) is 5. The number of fused-ring (bicyclic) bond motifs is 1. The van der Waals surface area contributed by atoms with Gasteiger partial charge in [0.2, 0.25) is 0 Å². The number of amides is 2. The molecule has 0 saturated carbocycles. The fourth-order valence-electron chi connectivity index (χ4n) is 3.49. The fraction of sp³-hybridized carbons (Fsp3) is 0.500. The van der Waals surface area contributed by atoms with Crippen molar-refractivity contribution >= 4 is 23.0 Å².